The summed E-state index contributed by atoms with van der Waals surface area (Å²) >= 11 is 1.69. The summed E-state index contributed by atoms with van der Waals surface area (Å²) in [6, 6.07) is 7.82. The van der Waals surface area contributed by atoms with E-state index in [1.54, 1.807) is 11.8 Å². The highest BCUT2D eigenvalue weighted by Gasteiger charge is 2.08. The van der Waals surface area contributed by atoms with Crippen LogP contribution in [0, 0.1) is 5.92 Å². The Balaban J connectivity index is 2.25. The number of hydrogen-bond donors (Lipinski definition) is 3. The zero-order valence-electron chi connectivity index (χ0n) is 12.3. The highest BCUT2D eigenvalue weighted by Crippen LogP contribution is 2.14. The van der Waals surface area contributed by atoms with Crippen molar-refractivity contribution in [2.75, 3.05) is 12.8 Å². The third-order valence-corrected chi connectivity index (χ3v) is 3.60. The molecule has 0 aliphatic rings. The number of benzene rings is 1. The molecule has 0 heterocycles. The van der Waals surface area contributed by atoms with Gasteiger partial charge in [0.25, 0.3) is 0 Å². The lowest BCUT2D eigenvalue weighted by Gasteiger charge is -2.14. The van der Waals surface area contributed by atoms with Crippen molar-refractivity contribution in [3.63, 3.8) is 0 Å². The molecule has 0 aliphatic carbocycles. The van der Waals surface area contributed by atoms with Crippen molar-refractivity contribution < 1.29 is 9.90 Å². The molecule has 20 heavy (non-hydrogen) atoms. The van der Waals surface area contributed by atoms with Crippen LogP contribution >= 0.6 is 11.8 Å². The van der Waals surface area contributed by atoms with Gasteiger partial charge in [-0.1, -0.05) is 26.0 Å². The van der Waals surface area contributed by atoms with Crippen LogP contribution in [-0.2, 0) is 6.54 Å². The van der Waals surface area contributed by atoms with Gasteiger partial charge in [-0.2, -0.15) is 0 Å². The van der Waals surface area contributed by atoms with Gasteiger partial charge in [-0.3, -0.25) is 0 Å². The number of urea groups is 1. The highest BCUT2D eigenvalue weighted by molar-refractivity contribution is 7.98. The lowest BCUT2D eigenvalue weighted by Crippen LogP contribution is -2.39. The zero-order chi connectivity index (χ0) is 15.0. The molecule has 2 amide bonds. The lowest BCUT2D eigenvalue weighted by atomic mass is 10.1. The number of carbonyl (C=O) groups is 1. The third-order valence-electron chi connectivity index (χ3n) is 2.85. The Morgan fingerprint density at radius 1 is 1.25 bits per heavy atom. The molecule has 0 saturated carbocycles. The molecule has 1 rings (SSSR count). The Morgan fingerprint density at radius 3 is 2.45 bits per heavy atom. The topological polar surface area (TPSA) is 61.4 Å². The van der Waals surface area contributed by atoms with E-state index in [1.807, 2.05) is 44.4 Å². The fourth-order valence-corrected chi connectivity index (χ4v) is 2.23. The number of aliphatic hydroxyl groups excluding tert-OH is 1. The van der Waals surface area contributed by atoms with Gasteiger partial charge in [-0.05, 0) is 36.3 Å². The molecule has 0 aliphatic heterocycles. The van der Waals surface area contributed by atoms with E-state index in [0.29, 0.717) is 18.9 Å². The normalized spacial score (nSPS) is 12.2. The van der Waals surface area contributed by atoms with E-state index in [4.69, 9.17) is 0 Å². The van der Waals surface area contributed by atoms with Crippen LogP contribution in [0.3, 0.4) is 0 Å². The van der Waals surface area contributed by atoms with E-state index in [1.165, 1.54) is 4.90 Å². The van der Waals surface area contributed by atoms with Gasteiger partial charge < -0.3 is 15.7 Å². The van der Waals surface area contributed by atoms with Gasteiger partial charge in [0.15, 0.2) is 0 Å². The van der Waals surface area contributed by atoms with Crippen molar-refractivity contribution >= 4 is 17.8 Å². The molecule has 1 atom stereocenters. The molecule has 5 heteroatoms. The van der Waals surface area contributed by atoms with Gasteiger partial charge in [0, 0.05) is 18.0 Å². The van der Waals surface area contributed by atoms with Crippen molar-refractivity contribution in [3.05, 3.63) is 29.8 Å². The van der Waals surface area contributed by atoms with Gasteiger partial charge in [0.05, 0.1) is 6.10 Å². The number of thioether (sulfide) groups is 1. The van der Waals surface area contributed by atoms with E-state index in [9.17, 15) is 9.90 Å². The average molecular weight is 296 g/mol. The molecule has 4 nitrogen and oxygen atoms in total. The maximum absolute atomic E-state index is 11.6. The molecule has 0 radical (unpaired) electrons. The van der Waals surface area contributed by atoms with Crippen molar-refractivity contribution in [1.82, 2.24) is 10.6 Å². The number of carbonyl (C=O) groups excluding carboxylic acids is 1. The molecule has 1 unspecified atom stereocenters. The van der Waals surface area contributed by atoms with E-state index in [0.717, 1.165) is 5.56 Å². The average Bonchev–Trinajstić information content (AvgIpc) is 2.42. The summed E-state index contributed by atoms with van der Waals surface area (Å²) in [5.74, 6) is 0.421. The molecule has 112 valence electrons. The minimum Gasteiger partial charge on any atom is -0.391 e. The molecular weight excluding hydrogens is 272 g/mol. The summed E-state index contributed by atoms with van der Waals surface area (Å²) in [5, 5.41) is 15.1. The van der Waals surface area contributed by atoms with E-state index in [2.05, 4.69) is 10.6 Å². The van der Waals surface area contributed by atoms with Crippen LogP contribution in [0.5, 0.6) is 0 Å². The largest absolute Gasteiger partial charge is 0.391 e. The smallest absolute Gasteiger partial charge is 0.315 e. The van der Waals surface area contributed by atoms with Crippen molar-refractivity contribution in [2.24, 2.45) is 5.92 Å². The quantitative estimate of drug-likeness (QED) is 0.678. The van der Waals surface area contributed by atoms with Crippen molar-refractivity contribution in [3.8, 4) is 0 Å². The van der Waals surface area contributed by atoms with Crippen LogP contribution in [-0.4, -0.2) is 30.0 Å². The van der Waals surface area contributed by atoms with Crippen LogP contribution < -0.4 is 10.6 Å². The SMILES string of the molecule is CSc1ccc(CNC(=O)NCC(O)CC(C)C)cc1. The van der Waals surface area contributed by atoms with Crippen LogP contribution in [0.25, 0.3) is 0 Å². The molecule has 1 aromatic carbocycles. The van der Waals surface area contributed by atoms with Gasteiger partial charge in [0.2, 0.25) is 0 Å². The Hall–Kier alpha value is -1.20. The minimum absolute atomic E-state index is 0.248. The third kappa shape index (κ3) is 6.82. The first-order valence-corrected chi connectivity index (χ1v) is 8.06. The van der Waals surface area contributed by atoms with Gasteiger partial charge in [0.1, 0.15) is 0 Å². The Bertz CT molecular complexity index is 407. The second kappa shape index (κ2) is 8.87. The summed E-state index contributed by atoms with van der Waals surface area (Å²) in [6.07, 6.45) is 2.24. The molecule has 0 aromatic heterocycles. The first-order valence-electron chi connectivity index (χ1n) is 6.84. The summed E-state index contributed by atoms with van der Waals surface area (Å²) in [4.78, 5) is 12.8. The number of aliphatic hydroxyl groups is 1. The molecule has 0 saturated heterocycles. The number of rotatable bonds is 7. The minimum atomic E-state index is -0.485. The molecule has 0 fully saturated rings. The predicted octanol–water partition coefficient (Wildman–Crippen LogP) is 2.61. The van der Waals surface area contributed by atoms with Crippen molar-refractivity contribution in [2.45, 2.75) is 37.8 Å². The van der Waals surface area contributed by atoms with Crippen LogP contribution in [0.15, 0.2) is 29.2 Å². The fourth-order valence-electron chi connectivity index (χ4n) is 1.83. The standard InChI is InChI=1S/C15H24N2O2S/c1-11(2)8-13(18)10-17-15(19)16-9-12-4-6-14(20-3)7-5-12/h4-7,11,13,18H,8-10H2,1-3H3,(H2,16,17,19). The maximum Gasteiger partial charge on any atom is 0.315 e. The number of nitrogens with one attached hydrogen (secondary N) is 2. The van der Waals surface area contributed by atoms with Crippen molar-refractivity contribution in [1.29, 1.82) is 0 Å². The van der Waals surface area contributed by atoms with Gasteiger partial charge in [-0.15, -0.1) is 11.8 Å². The van der Waals surface area contributed by atoms with E-state index in [-0.39, 0.29) is 12.6 Å². The molecular formula is C15H24N2O2S. The Morgan fingerprint density at radius 2 is 1.90 bits per heavy atom. The Kier molecular flexibility index (Phi) is 7.47. The lowest BCUT2D eigenvalue weighted by molar-refractivity contribution is 0.147. The molecule has 3 N–H and O–H groups in total. The predicted molar refractivity (Wildman–Crippen MR) is 83.9 cm³/mol. The Labute approximate surface area is 125 Å². The number of amides is 2. The fraction of sp³-hybridized carbons (Fsp3) is 0.533. The second-order valence-electron chi connectivity index (χ2n) is 5.20. The highest BCUT2D eigenvalue weighted by atomic mass is 32.2. The van der Waals surface area contributed by atoms with Gasteiger partial charge in [-0.25, -0.2) is 4.79 Å². The first-order chi connectivity index (χ1) is 9.51. The summed E-state index contributed by atoms with van der Waals surface area (Å²) in [7, 11) is 0. The number of hydrogen-bond acceptors (Lipinski definition) is 3. The molecule has 0 bridgehead atoms. The van der Waals surface area contributed by atoms with Crippen LogP contribution in [0.4, 0.5) is 4.79 Å². The molecule has 0 spiro atoms. The van der Waals surface area contributed by atoms with E-state index >= 15 is 0 Å². The summed E-state index contributed by atoms with van der Waals surface area (Å²) in [6.45, 7) is 4.86. The monoisotopic (exact) mass is 296 g/mol. The first kappa shape index (κ1) is 16.9. The molecule has 1 aromatic rings. The van der Waals surface area contributed by atoms with Gasteiger partial charge >= 0.3 is 6.03 Å². The summed E-state index contributed by atoms with van der Waals surface area (Å²) < 4.78 is 0. The van der Waals surface area contributed by atoms with Crippen LogP contribution in [0.1, 0.15) is 25.8 Å². The van der Waals surface area contributed by atoms with Crippen LogP contribution in [0.2, 0.25) is 0 Å². The maximum atomic E-state index is 11.6. The summed E-state index contributed by atoms with van der Waals surface area (Å²) in [5.41, 5.74) is 1.06. The second-order valence-corrected chi connectivity index (χ2v) is 6.07. The zero-order valence-corrected chi connectivity index (χ0v) is 13.2. The van der Waals surface area contributed by atoms with E-state index < -0.39 is 6.10 Å².